The fourth-order valence-corrected chi connectivity index (χ4v) is 7.31. The van der Waals surface area contributed by atoms with E-state index in [1.54, 1.807) is 7.11 Å². The van der Waals surface area contributed by atoms with Crippen LogP contribution in [0.25, 0.3) is 0 Å². The summed E-state index contributed by atoms with van der Waals surface area (Å²) in [7, 11) is 3.17. The summed E-state index contributed by atoms with van der Waals surface area (Å²) in [5.41, 5.74) is 6.50. The van der Waals surface area contributed by atoms with E-state index in [1.807, 2.05) is 0 Å². The number of benzene rings is 1. The van der Waals surface area contributed by atoms with Gasteiger partial charge in [0, 0.05) is 61.9 Å². The number of nitrogen functional groups attached to an aromatic ring is 1. The normalized spacial score (nSPS) is 26.3. The van der Waals surface area contributed by atoms with E-state index in [4.69, 9.17) is 19.9 Å². The molecule has 0 spiro atoms. The first-order valence-corrected chi connectivity index (χ1v) is 15.6. The van der Waals surface area contributed by atoms with Crippen LogP contribution in [0.1, 0.15) is 73.6 Å². The van der Waals surface area contributed by atoms with E-state index in [0.29, 0.717) is 42.5 Å². The molecule has 0 aliphatic carbocycles. The Bertz CT molecular complexity index is 1400. The zero-order valence-electron chi connectivity index (χ0n) is 26.4. The molecule has 0 radical (unpaired) electrons. The minimum Gasteiger partial charge on any atom is -0.467 e. The second-order valence-corrected chi connectivity index (χ2v) is 12.6. The molecule has 5 unspecified atom stereocenters. The molecule has 2 aromatic rings. The minimum absolute atomic E-state index is 0.0446. The van der Waals surface area contributed by atoms with Gasteiger partial charge in [-0.2, -0.15) is 23.1 Å². The molecule has 246 valence electrons. The van der Waals surface area contributed by atoms with E-state index in [9.17, 15) is 17.6 Å². The number of aromatic nitrogens is 2. The lowest BCUT2D eigenvalue weighted by atomic mass is 9.89. The quantitative estimate of drug-likeness (QED) is 0.260. The van der Waals surface area contributed by atoms with Crippen LogP contribution in [0.2, 0.25) is 0 Å². The predicted octanol–water partition coefficient (Wildman–Crippen LogP) is 5.57. The Hall–Kier alpha value is -3.14. The molecule has 4 aliphatic heterocycles. The van der Waals surface area contributed by atoms with Crippen molar-refractivity contribution in [3.63, 3.8) is 0 Å². The third-order valence-electron chi connectivity index (χ3n) is 9.03. The monoisotopic (exact) mass is 633 g/mol. The number of ether oxygens (including phenoxy) is 3. The molecule has 0 saturated carbocycles. The van der Waals surface area contributed by atoms with Gasteiger partial charge in [-0.15, -0.1) is 5.92 Å². The van der Waals surface area contributed by atoms with Gasteiger partial charge in [0.15, 0.2) is 0 Å². The highest BCUT2D eigenvalue weighted by Crippen LogP contribution is 2.43. The number of nitrogens with zero attached hydrogens (tertiary/aromatic N) is 4. The van der Waals surface area contributed by atoms with Gasteiger partial charge in [-0.3, -0.25) is 4.90 Å². The highest BCUT2D eigenvalue weighted by Gasteiger charge is 2.40. The molecule has 5 heterocycles. The molecule has 1 aromatic heterocycles. The van der Waals surface area contributed by atoms with Gasteiger partial charge in [-0.1, -0.05) is 12.8 Å². The topological polar surface area (TPSA) is 86.0 Å². The first-order valence-electron chi connectivity index (χ1n) is 15.6. The van der Waals surface area contributed by atoms with Crippen molar-refractivity contribution < 1.29 is 31.8 Å². The first kappa shape index (κ1) is 33.2. The van der Waals surface area contributed by atoms with Crippen molar-refractivity contribution in [1.29, 1.82) is 0 Å². The molecule has 2 N–H and O–H groups in total. The molecule has 12 heteroatoms. The summed E-state index contributed by atoms with van der Waals surface area (Å²) >= 11 is 0. The van der Waals surface area contributed by atoms with Gasteiger partial charge in [-0.05, 0) is 62.8 Å². The van der Waals surface area contributed by atoms with E-state index >= 15 is 0 Å². The van der Waals surface area contributed by atoms with Crippen LogP contribution in [0.15, 0.2) is 12.1 Å². The van der Waals surface area contributed by atoms with Gasteiger partial charge >= 0.3 is 12.2 Å². The maximum absolute atomic E-state index is 14.1. The number of piperidine rings is 1. The molecule has 6 rings (SSSR count). The summed E-state index contributed by atoms with van der Waals surface area (Å²) < 4.78 is 71.9. The lowest BCUT2D eigenvalue weighted by Gasteiger charge is -2.39. The lowest BCUT2D eigenvalue weighted by Crippen LogP contribution is -2.42. The number of anilines is 2. The van der Waals surface area contributed by atoms with Crippen molar-refractivity contribution in [3.05, 3.63) is 40.1 Å². The summed E-state index contributed by atoms with van der Waals surface area (Å²) in [5, 5.41) is 0. The van der Waals surface area contributed by atoms with Crippen LogP contribution in [-0.4, -0.2) is 74.1 Å². The van der Waals surface area contributed by atoms with E-state index in [0.717, 1.165) is 38.0 Å². The molecule has 1 aromatic carbocycles. The van der Waals surface area contributed by atoms with Crippen molar-refractivity contribution >= 4 is 11.5 Å². The van der Waals surface area contributed by atoms with E-state index < -0.39 is 24.0 Å². The maximum Gasteiger partial charge on any atom is 0.417 e. The summed E-state index contributed by atoms with van der Waals surface area (Å²) in [4.78, 5) is 13.6. The Morgan fingerprint density at radius 1 is 1.13 bits per heavy atom. The number of fused-ring (bicyclic) bond motifs is 2. The van der Waals surface area contributed by atoms with Gasteiger partial charge in [0.2, 0.25) is 0 Å². The summed E-state index contributed by atoms with van der Waals surface area (Å²) in [6, 6.07) is 3.35. The number of rotatable bonds is 5. The summed E-state index contributed by atoms with van der Waals surface area (Å²) in [5.74, 6) is 6.55. The molecule has 3 saturated heterocycles. The molecular weight excluding hydrogens is 590 g/mol. The smallest absolute Gasteiger partial charge is 0.417 e. The molecule has 4 aliphatic rings. The van der Waals surface area contributed by atoms with Crippen LogP contribution < -0.4 is 15.4 Å². The second-order valence-electron chi connectivity index (χ2n) is 12.6. The molecule has 3 fully saturated rings. The first-order chi connectivity index (χ1) is 21.5. The molecule has 0 amide bonds. The Morgan fingerprint density at radius 2 is 1.93 bits per heavy atom. The highest BCUT2D eigenvalue weighted by molar-refractivity contribution is 5.58. The van der Waals surface area contributed by atoms with Crippen molar-refractivity contribution in [1.82, 2.24) is 14.9 Å². The number of hydrogen-bond donors (Lipinski definition) is 1. The van der Waals surface area contributed by atoms with Crippen molar-refractivity contribution in [2.45, 2.75) is 77.1 Å². The minimum atomic E-state index is -4.62. The number of alkyl halides is 4. The van der Waals surface area contributed by atoms with Crippen molar-refractivity contribution in [2.24, 2.45) is 11.8 Å². The highest BCUT2D eigenvalue weighted by atomic mass is 19.4. The zero-order valence-corrected chi connectivity index (χ0v) is 26.4. The number of nitrogens with two attached hydrogens (primary N) is 1. The number of methoxy groups -OCH3 is 2. The second kappa shape index (κ2) is 14.1. The third-order valence-corrected chi connectivity index (χ3v) is 9.03. The Kier molecular flexibility index (Phi) is 10.4. The predicted molar refractivity (Wildman–Crippen MR) is 164 cm³/mol. The fourth-order valence-electron chi connectivity index (χ4n) is 7.31. The Morgan fingerprint density at radius 3 is 2.62 bits per heavy atom. The van der Waals surface area contributed by atoms with Gasteiger partial charge in [0.1, 0.15) is 12.0 Å². The molecular formula is C33H43F4N5O3. The van der Waals surface area contributed by atoms with Crippen LogP contribution in [0.3, 0.4) is 0 Å². The van der Waals surface area contributed by atoms with Crippen LogP contribution in [0.4, 0.5) is 29.1 Å². The van der Waals surface area contributed by atoms with Crippen molar-refractivity contribution in [2.75, 3.05) is 57.6 Å². The van der Waals surface area contributed by atoms with Gasteiger partial charge in [-0.25, -0.2) is 4.39 Å². The maximum atomic E-state index is 14.1. The molecule has 8 nitrogen and oxygen atoms in total. The van der Waals surface area contributed by atoms with E-state index in [2.05, 4.69) is 38.5 Å². The van der Waals surface area contributed by atoms with E-state index in [1.165, 1.54) is 39.0 Å². The molecule has 5 atom stereocenters. The van der Waals surface area contributed by atoms with Gasteiger partial charge in [0.05, 0.1) is 37.7 Å². The largest absolute Gasteiger partial charge is 0.467 e. The average Bonchev–Trinajstić information content (AvgIpc) is 3.56. The summed E-state index contributed by atoms with van der Waals surface area (Å²) in [6.07, 6.45) is -1.54. The third kappa shape index (κ3) is 7.64. The van der Waals surface area contributed by atoms with Crippen molar-refractivity contribution in [3.8, 4) is 17.9 Å². The average molecular weight is 634 g/mol. The standard InChI is InChI=1S/C26H31F3N4O3.C7H12FN/c1-5-6-17-8-18(30)9-19(23(17)26(27,28)29)22-10-21-20(14-36-22)24(32-25(31-21)35-4)33-11-15(2)7-16(12-33)13-34-3;8-6-4-7-2-1-3-9(7)5-6/h8-9,15-16,22H,7,10-14,30H2,1-4H3;6-7H,1-5H2. The molecule has 45 heavy (non-hydrogen) atoms. The zero-order chi connectivity index (χ0) is 32.3. The van der Waals surface area contributed by atoms with Crippen LogP contribution in [-0.2, 0) is 28.7 Å². The lowest BCUT2D eigenvalue weighted by molar-refractivity contribution is -0.140. The van der Waals surface area contributed by atoms with Gasteiger partial charge < -0.3 is 24.8 Å². The van der Waals surface area contributed by atoms with Crippen LogP contribution in [0, 0.1) is 23.7 Å². The number of halogens is 4. The molecule has 0 bridgehead atoms. The Balaban J connectivity index is 0.000000377. The van der Waals surface area contributed by atoms with Crippen LogP contribution in [0.5, 0.6) is 6.01 Å². The Labute approximate surface area is 262 Å². The van der Waals surface area contributed by atoms with Gasteiger partial charge in [0.25, 0.3) is 0 Å². The van der Waals surface area contributed by atoms with E-state index in [-0.39, 0.29) is 35.9 Å². The van der Waals surface area contributed by atoms with Crippen LogP contribution >= 0.6 is 0 Å². The SMILES string of the molecule is CC#Cc1cc(N)cc(C2Cc3nc(OC)nc(N4CC(C)CC(COC)C4)c3CO2)c1C(F)(F)F.FC1CC2CCCN2C1. The fraction of sp³-hybridized carbons (Fsp3) is 0.636. The number of hydrogen-bond acceptors (Lipinski definition) is 8. The summed E-state index contributed by atoms with van der Waals surface area (Å²) in [6.45, 7) is 7.78.